The summed E-state index contributed by atoms with van der Waals surface area (Å²) < 4.78 is 35.4. The summed E-state index contributed by atoms with van der Waals surface area (Å²) in [5, 5.41) is 0. The lowest BCUT2D eigenvalue weighted by atomic mass is 9.76. The summed E-state index contributed by atoms with van der Waals surface area (Å²) in [5.41, 5.74) is 1.56. The van der Waals surface area contributed by atoms with Gasteiger partial charge >= 0.3 is 0 Å². The molecule has 3 rings (SSSR count). The van der Waals surface area contributed by atoms with E-state index in [9.17, 15) is 8.78 Å². The zero-order valence-electron chi connectivity index (χ0n) is 17.1. The van der Waals surface area contributed by atoms with Crippen LogP contribution in [0.2, 0.25) is 0 Å². The molecular formula is C25H32F2O. The van der Waals surface area contributed by atoms with Crippen molar-refractivity contribution in [2.24, 2.45) is 5.92 Å². The number of hydrogen-bond acceptors (Lipinski definition) is 1. The minimum absolute atomic E-state index is 0.00528. The van der Waals surface area contributed by atoms with Gasteiger partial charge in [-0.25, -0.2) is 8.78 Å². The van der Waals surface area contributed by atoms with Crippen molar-refractivity contribution in [3.63, 3.8) is 0 Å². The first kappa shape index (κ1) is 21.0. The predicted octanol–water partition coefficient (Wildman–Crippen LogP) is 7.55. The van der Waals surface area contributed by atoms with Gasteiger partial charge < -0.3 is 4.74 Å². The summed E-state index contributed by atoms with van der Waals surface area (Å²) in [6.07, 6.45) is 8.84. The van der Waals surface area contributed by atoms with Gasteiger partial charge in [-0.1, -0.05) is 62.9 Å². The van der Waals surface area contributed by atoms with Crippen molar-refractivity contribution >= 4 is 0 Å². The number of methoxy groups -OCH3 is 1. The van der Waals surface area contributed by atoms with Crippen LogP contribution in [0.15, 0.2) is 42.5 Å². The molecule has 1 atom stereocenters. The molecule has 0 saturated heterocycles. The van der Waals surface area contributed by atoms with Crippen LogP contribution in [0.1, 0.15) is 87.0 Å². The molecule has 0 heterocycles. The van der Waals surface area contributed by atoms with E-state index in [4.69, 9.17) is 4.74 Å². The molecule has 1 unspecified atom stereocenters. The fraction of sp³-hybridized carbons (Fsp3) is 0.520. The van der Waals surface area contributed by atoms with E-state index in [2.05, 4.69) is 6.92 Å². The Hall–Kier alpha value is -1.74. The molecule has 152 valence electrons. The van der Waals surface area contributed by atoms with Crippen LogP contribution in [-0.4, -0.2) is 7.11 Å². The van der Waals surface area contributed by atoms with Crippen molar-refractivity contribution in [2.75, 3.05) is 7.11 Å². The van der Waals surface area contributed by atoms with Crippen molar-refractivity contribution in [1.29, 1.82) is 0 Å². The number of halogens is 2. The van der Waals surface area contributed by atoms with E-state index >= 15 is 0 Å². The standard InChI is InChI=1S/C25H32F2O/c1-3-4-6-9-18-12-14-19(15-13-18)21-16-22(26)24(23(27)17-21)25(28-2)20-10-7-5-8-11-20/h5,7-8,10-11,16-19,25H,3-4,6,9,12-15H2,1-2H3/t18-,19-,25?. The van der Waals surface area contributed by atoms with Gasteiger partial charge in [-0.3, -0.25) is 0 Å². The van der Waals surface area contributed by atoms with Crippen LogP contribution in [0, 0.1) is 17.6 Å². The third kappa shape index (κ3) is 5.00. The van der Waals surface area contributed by atoms with Gasteiger partial charge in [0.15, 0.2) is 0 Å². The molecule has 0 radical (unpaired) electrons. The topological polar surface area (TPSA) is 9.23 Å². The lowest BCUT2D eigenvalue weighted by molar-refractivity contribution is 0.129. The third-order valence-electron chi connectivity index (χ3n) is 6.24. The van der Waals surface area contributed by atoms with Crippen LogP contribution in [0.5, 0.6) is 0 Å². The second-order valence-electron chi connectivity index (χ2n) is 8.14. The Morgan fingerprint density at radius 2 is 1.61 bits per heavy atom. The predicted molar refractivity (Wildman–Crippen MR) is 110 cm³/mol. The van der Waals surface area contributed by atoms with E-state index in [1.807, 2.05) is 30.3 Å². The molecule has 1 fully saturated rings. The highest BCUT2D eigenvalue weighted by Crippen LogP contribution is 2.39. The lowest BCUT2D eigenvalue weighted by Crippen LogP contribution is -2.15. The smallest absolute Gasteiger partial charge is 0.132 e. The summed E-state index contributed by atoms with van der Waals surface area (Å²) >= 11 is 0. The molecule has 3 heteroatoms. The maximum Gasteiger partial charge on any atom is 0.132 e. The van der Waals surface area contributed by atoms with E-state index in [1.54, 1.807) is 0 Å². The van der Waals surface area contributed by atoms with Crippen LogP contribution in [-0.2, 0) is 4.74 Å². The zero-order valence-corrected chi connectivity index (χ0v) is 17.1. The second-order valence-corrected chi connectivity index (χ2v) is 8.14. The lowest BCUT2D eigenvalue weighted by Gasteiger charge is -2.29. The van der Waals surface area contributed by atoms with Crippen molar-refractivity contribution in [3.8, 4) is 0 Å². The Kier molecular flexibility index (Phi) is 7.61. The molecule has 0 bridgehead atoms. The molecule has 0 spiro atoms. The van der Waals surface area contributed by atoms with Gasteiger partial charge in [0.2, 0.25) is 0 Å². The molecule has 28 heavy (non-hydrogen) atoms. The quantitative estimate of drug-likeness (QED) is 0.425. The number of benzene rings is 2. The highest BCUT2D eigenvalue weighted by Gasteiger charge is 2.27. The van der Waals surface area contributed by atoms with E-state index in [0.29, 0.717) is 0 Å². The van der Waals surface area contributed by atoms with Crippen molar-refractivity contribution < 1.29 is 13.5 Å². The number of unbranched alkanes of at least 4 members (excludes halogenated alkanes) is 2. The van der Waals surface area contributed by atoms with Crippen LogP contribution in [0.4, 0.5) is 8.78 Å². The van der Waals surface area contributed by atoms with E-state index in [0.717, 1.165) is 29.9 Å². The Labute approximate surface area is 168 Å². The van der Waals surface area contributed by atoms with Crippen LogP contribution in [0.25, 0.3) is 0 Å². The minimum atomic E-state index is -0.732. The molecule has 0 amide bonds. The zero-order chi connectivity index (χ0) is 19.9. The first-order chi connectivity index (χ1) is 13.6. The molecule has 1 aliphatic carbocycles. The van der Waals surface area contributed by atoms with Crippen molar-refractivity contribution in [1.82, 2.24) is 0 Å². The third-order valence-corrected chi connectivity index (χ3v) is 6.24. The first-order valence-electron chi connectivity index (χ1n) is 10.7. The molecule has 0 aliphatic heterocycles. The summed E-state index contributed by atoms with van der Waals surface area (Å²) in [4.78, 5) is 0. The number of ether oxygens (including phenoxy) is 1. The minimum Gasteiger partial charge on any atom is -0.372 e. The maximum atomic E-state index is 15.0. The van der Waals surface area contributed by atoms with Crippen molar-refractivity contribution in [2.45, 2.75) is 70.3 Å². The summed E-state index contributed by atoms with van der Waals surface area (Å²) in [6, 6.07) is 12.3. The number of hydrogen-bond donors (Lipinski definition) is 0. The molecule has 2 aromatic carbocycles. The van der Waals surface area contributed by atoms with Gasteiger partial charge in [0.25, 0.3) is 0 Å². The van der Waals surface area contributed by atoms with Crippen LogP contribution < -0.4 is 0 Å². The van der Waals surface area contributed by atoms with Gasteiger partial charge in [-0.2, -0.15) is 0 Å². The van der Waals surface area contributed by atoms with Crippen LogP contribution >= 0.6 is 0 Å². The molecule has 1 aliphatic rings. The first-order valence-corrected chi connectivity index (χ1v) is 10.7. The monoisotopic (exact) mass is 386 g/mol. The highest BCUT2D eigenvalue weighted by molar-refractivity contribution is 5.36. The maximum absolute atomic E-state index is 15.0. The van der Waals surface area contributed by atoms with E-state index in [-0.39, 0.29) is 11.5 Å². The van der Waals surface area contributed by atoms with Gasteiger partial charge in [0.1, 0.15) is 17.7 Å². The average Bonchev–Trinajstić information content (AvgIpc) is 2.72. The molecule has 1 nitrogen and oxygen atoms in total. The Balaban J connectivity index is 1.72. The van der Waals surface area contributed by atoms with Gasteiger partial charge in [-0.15, -0.1) is 0 Å². The Bertz CT molecular complexity index is 712. The van der Waals surface area contributed by atoms with Gasteiger partial charge in [0, 0.05) is 7.11 Å². The molecule has 2 aromatic rings. The summed E-state index contributed by atoms with van der Waals surface area (Å²) in [6.45, 7) is 2.23. The summed E-state index contributed by atoms with van der Waals surface area (Å²) in [7, 11) is 1.49. The second kappa shape index (κ2) is 10.2. The fourth-order valence-corrected chi connectivity index (χ4v) is 4.61. The van der Waals surface area contributed by atoms with Crippen molar-refractivity contribution in [3.05, 3.63) is 70.8 Å². The SMILES string of the molecule is CCCCC[C@H]1CC[C@H](c2cc(F)c(C(OC)c3ccccc3)c(F)c2)CC1. The highest BCUT2D eigenvalue weighted by atomic mass is 19.1. The normalized spacial score (nSPS) is 20.9. The van der Waals surface area contributed by atoms with Crippen LogP contribution in [0.3, 0.4) is 0 Å². The molecular weight excluding hydrogens is 354 g/mol. The molecule has 1 saturated carbocycles. The van der Waals surface area contributed by atoms with E-state index in [1.165, 1.54) is 57.8 Å². The van der Waals surface area contributed by atoms with Gasteiger partial charge in [0.05, 0.1) is 5.56 Å². The number of rotatable bonds is 8. The summed E-state index contributed by atoms with van der Waals surface area (Å²) in [5.74, 6) is 0.0393. The Morgan fingerprint density at radius 1 is 0.964 bits per heavy atom. The largest absolute Gasteiger partial charge is 0.372 e. The fourth-order valence-electron chi connectivity index (χ4n) is 4.61. The molecule has 0 N–H and O–H groups in total. The molecule has 0 aromatic heterocycles. The average molecular weight is 387 g/mol. The van der Waals surface area contributed by atoms with Gasteiger partial charge in [-0.05, 0) is 60.8 Å². The van der Waals surface area contributed by atoms with E-state index < -0.39 is 17.7 Å². The Morgan fingerprint density at radius 3 is 2.18 bits per heavy atom.